The molecule has 1 aromatic heterocycles. The summed E-state index contributed by atoms with van der Waals surface area (Å²) in [5.41, 5.74) is 10.9. The van der Waals surface area contributed by atoms with Crippen LogP contribution in [0.25, 0.3) is 0 Å². The highest BCUT2D eigenvalue weighted by atomic mass is 16.3. The van der Waals surface area contributed by atoms with Gasteiger partial charge in [-0.3, -0.25) is 0 Å². The first-order valence-corrected chi connectivity index (χ1v) is 4.65. The van der Waals surface area contributed by atoms with Crippen LogP contribution in [0.15, 0.2) is 0 Å². The first-order chi connectivity index (χ1) is 7.02. The monoisotopic (exact) mass is 212 g/mol. The van der Waals surface area contributed by atoms with Crippen molar-refractivity contribution in [2.75, 3.05) is 29.6 Å². The predicted octanol–water partition coefficient (Wildman–Crippen LogP) is -0.552. The maximum atomic E-state index is 9.15. The molecule has 0 aliphatic rings. The van der Waals surface area contributed by atoms with Crippen molar-refractivity contribution in [2.45, 2.75) is 13.8 Å². The Hall–Kier alpha value is -1.63. The highest BCUT2D eigenvalue weighted by Gasteiger charge is 2.11. The van der Waals surface area contributed by atoms with Gasteiger partial charge in [-0.1, -0.05) is 13.8 Å². The van der Waals surface area contributed by atoms with Crippen LogP contribution in [0.3, 0.4) is 0 Å². The van der Waals surface area contributed by atoms with E-state index in [-0.39, 0.29) is 18.6 Å². The molecule has 0 aliphatic carbocycles. The zero-order valence-electron chi connectivity index (χ0n) is 8.88. The van der Waals surface area contributed by atoms with E-state index in [4.69, 9.17) is 16.6 Å². The summed E-state index contributed by atoms with van der Waals surface area (Å²) >= 11 is 0. The molecule has 0 aromatic carbocycles. The molecule has 1 heterocycles. The summed E-state index contributed by atoms with van der Waals surface area (Å²) in [6, 6.07) is 0. The van der Waals surface area contributed by atoms with Crippen molar-refractivity contribution in [3.63, 3.8) is 0 Å². The maximum Gasteiger partial charge on any atom is 0.233 e. The van der Waals surface area contributed by atoms with E-state index in [1.807, 2.05) is 13.8 Å². The fourth-order valence-corrected chi connectivity index (χ4v) is 1.18. The second-order valence-corrected chi connectivity index (χ2v) is 3.61. The van der Waals surface area contributed by atoms with Crippen molar-refractivity contribution in [3.05, 3.63) is 0 Å². The van der Waals surface area contributed by atoms with Crippen LogP contribution in [-0.2, 0) is 0 Å². The number of aromatic nitrogens is 3. The lowest BCUT2D eigenvalue weighted by Gasteiger charge is -2.21. The molecule has 0 fully saturated rings. The van der Waals surface area contributed by atoms with E-state index < -0.39 is 0 Å². The Labute approximate surface area is 88.1 Å². The molecule has 1 rings (SSSR count). The number of hydrogen-bond donors (Lipinski definition) is 3. The smallest absolute Gasteiger partial charge is 0.233 e. The Kier molecular flexibility index (Phi) is 3.62. The number of rotatable bonds is 4. The third-order valence-corrected chi connectivity index (χ3v) is 1.70. The van der Waals surface area contributed by atoms with E-state index in [0.29, 0.717) is 18.4 Å². The van der Waals surface area contributed by atoms with Gasteiger partial charge in [-0.2, -0.15) is 15.0 Å². The molecule has 5 N–H and O–H groups in total. The van der Waals surface area contributed by atoms with E-state index in [0.717, 1.165) is 0 Å². The highest BCUT2D eigenvalue weighted by Crippen LogP contribution is 2.11. The van der Waals surface area contributed by atoms with Gasteiger partial charge in [0.25, 0.3) is 0 Å². The van der Waals surface area contributed by atoms with Crippen molar-refractivity contribution in [2.24, 2.45) is 5.92 Å². The van der Waals surface area contributed by atoms with Gasteiger partial charge in [-0.25, -0.2) is 0 Å². The maximum absolute atomic E-state index is 9.15. The number of aliphatic hydroxyl groups excluding tert-OH is 1. The van der Waals surface area contributed by atoms with E-state index in [9.17, 15) is 0 Å². The van der Waals surface area contributed by atoms with Crippen LogP contribution in [0.1, 0.15) is 13.8 Å². The molecule has 0 unspecified atom stereocenters. The largest absolute Gasteiger partial charge is 0.376 e. The Morgan fingerprint density at radius 1 is 1.20 bits per heavy atom. The summed E-state index contributed by atoms with van der Waals surface area (Å²) < 4.78 is 0. The van der Waals surface area contributed by atoms with Crippen molar-refractivity contribution < 1.29 is 5.11 Å². The fourth-order valence-electron chi connectivity index (χ4n) is 1.18. The highest BCUT2D eigenvalue weighted by molar-refractivity contribution is 5.39. The van der Waals surface area contributed by atoms with Gasteiger partial charge >= 0.3 is 0 Å². The standard InChI is InChI=1S/C8H16N6O/c1-5(2)3-14(4-15)8-12-6(9)11-7(10)13-8/h5,15H,3-4H2,1-2H3,(H4,9,10,11,12,13). The summed E-state index contributed by atoms with van der Waals surface area (Å²) in [5, 5.41) is 9.15. The summed E-state index contributed by atoms with van der Waals surface area (Å²) in [6.45, 7) is 4.49. The van der Waals surface area contributed by atoms with Crippen LogP contribution in [0, 0.1) is 5.92 Å². The third-order valence-electron chi connectivity index (χ3n) is 1.70. The molecule has 0 bridgehead atoms. The Bertz CT molecular complexity index is 309. The molecule has 1 aromatic rings. The Morgan fingerprint density at radius 3 is 2.13 bits per heavy atom. The van der Waals surface area contributed by atoms with Gasteiger partial charge in [0, 0.05) is 6.54 Å². The SMILES string of the molecule is CC(C)CN(CO)c1nc(N)nc(N)n1. The number of nitrogens with zero attached hydrogens (tertiary/aromatic N) is 4. The van der Waals surface area contributed by atoms with Crippen LogP contribution in [-0.4, -0.2) is 33.3 Å². The van der Waals surface area contributed by atoms with Crippen LogP contribution in [0.4, 0.5) is 17.8 Å². The molecule has 0 spiro atoms. The van der Waals surface area contributed by atoms with Gasteiger partial charge in [-0.15, -0.1) is 0 Å². The number of anilines is 3. The molecule has 0 saturated carbocycles. The first kappa shape index (κ1) is 11.4. The van der Waals surface area contributed by atoms with Gasteiger partial charge in [0.05, 0.1) is 0 Å². The van der Waals surface area contributed by atoms with Gasteiger partial charge in [0.2, 0.25) is 17.8 Å². The zero-order chi connectivity index (χ0) is 11.4. The molecule has 7 nitrogen and oxygen atoms in total. The Morgan fingerprint density at radius 2 is 1.73 bits per heavy atom. The zero-order valence-corrected chi connectivity index (χ0v) is 8.88. The fraction of sp³-hybridized carbons (Fsp3) is 0.625. The van der Waals surface area contributed by atoms with Crippen LogP contribution in [0.2, 0.25) is 0 Å². The topological polar surface area (TPSA) is 114 Å². The second-order valence-electron chi connectivity index (χ2n) is 3.61. The lowest BCUT2D eigenvalue weighted by atomic mass is 10.2. The molecule has 0 radical (unpaired) electrons. The quantitative estimate of drug-likeness (QED) is 0.573. The van der Waals surface area contributed by atoms with E-state index in [2.05, 4.69) is 15.0 Å². The minimum atomic E-state index is -0.179. The number of hydrogen-bond acceptors (Lipinski definition) is 7. The van der Waals surface area contributed by atoms with Crippen LogP contribution in [0.5, 0.6) is 0 Å². The first-order valence-electron chi connectivity index (χ1n) is 4.65. The minimum Gasteiger partial charge on any atom is -0.376 e. The summed E-state index contributed by atoms with van der Waals surface area (Å²) in [7, 11) is 0. The lowest BCUT2D eigenvalue weighted by Crippen LogP contribution is -2.30. The molecular weight excluding hydrogens is 196 g/mol. The number of nitrogen functional groups attached to an aromatic ring is 2. The second kappa shape index (κ2) is 4.74. The summed E-state index contributed by atoms with van der Waals surface area (Å²) in [4.78, 5) is 13.0. The molecule has 0 saturated heterocycles. The van der Waals surface area contributed by atoms with Crippen molar-refractivity contribution >= 4 is 17.8 Å². The molecule has 0 amide bonds. The van der Waals surface area contributed by atoms with Crippen molar-refractivity contribution in [1.82, 2.24) is 15.0 Å². The molecule has 7 heteroatoms. The molecule has 84 valence electrons. The average molecular weight is 212 g/mol. The van der Waals surface area contributed by atoms with Gasteiger partial charge in [0.1, 0.15) is 6.73 Å². The lowest BCUT2D eigenvalue weighted by molar-refractivity contribution is 0.283. The van der Waals surface area contributed by atoms with Crippen molar-refractivity contribution in [1.29, 1.82) is 0 Å². The minimum absolute atomic E-state index is 0.0553. The van der Waals surface area contributed by atoms with E-state index in [1.165, 1.54) is 0 Å². The van der Waals surface area contributed by atoms with E-state index in [1.54, 1.807) is 4.90 Å². The number of nitrogens with two attached hydrogens (primary N) is 2. The molecular formula is C8H16N6O. The van der Waals surface area contributed by atoms with Gasteiger partial charge in [-0.05, 0) is 5.92 Å². The summed E-state index contributed by atoms with van der Waals surface area (Å²) in [5.74, 6) is 0.784. The molecule has 0 aliphatic heterocycles. The normalized spacial score (nSPS) is 10.7. The molecule has 15 heavy (non-hydrogen) atoms. The Balaban J connectivity index is 2.91. The van der Waals surface area contributed by atoms with E-state index >= 15 is 0 Å². The van der Waals surface area contributed by atoms with Crippen LogP contribution >= 0.6 is 0 Å². The number of aliphatic hydroxyl groups is 1. The summed E-state index contributed by atoms with van der Waals surface area (Å²) in [6.07, 6.45) is 0. The third kappa shape index (κ3) is 3.21. The molecule has 0 atom stereocenters. The van der Waals surface area contributed by atoms with Gasteiger partial charge < -0.3 is 21.5 Å². The van der Waals surface area contributed by atoms with Gasteiger partial charge in [0.15, 0.2) is 0 Å². The van der Waals surface area contributed by atoms with Crippen molar-refractivity contribution in [3.8, 4) is 0 Å². The predicted molar refractivity (Wildman–Crippen MR) is 57.9 cm³/mol. The average Bonchev–Trinajstić information content (AvgIpc) is 2.12. The van der Waals surface area contributed by atoms with Crippen LogP contribution < -0.4 is 16.4 Å².